The van der Waals surface area contributed by atoms with Crippen LogP contribution in [-0.2, 0) is 13.0 Å². The summed E-state index contributed by atoms with van der Waals surface area (Å²) in [6, 6.07) is 7.48. The van der Waals surface area contributed by atoms with Gasteiger partial charge in [0.1, 0.15) is 12.4 Å². The summed E-state index contributed by atoms with van der Waals surface area (Å²) in [4.78, 5) is 24.8. The van der Waals surface area contributed by atoms with E-state index in [9.17, 15) is 4.79 Å². The minimum Gasteiger partial charge on any atom is -0.487 e. The summed E-state index contributed by atoms with van der Waals surface area (Å²) in [6.07, 6.45) is 5.91. The van der Waals surface area contributed by atoms with Gasteiger partial charge in [0, 0.05) is 29.8 Å². The van der Waals surface area contributed by atoms with E-state index in [-0.39, 0.29) is 5.78 Å². The van der Waals surface area contributed by atoms with Crippen molar-refractivity contribution in [2.75, 3.05) is 0 Å². The van der Waals surface area contributed by atoms with E-state index in [4.69, 9.17) is 4.74 Å². The minimum atomic E-state index is 0.231. The highest BCUT2D eigenvalue weighted by atomic mass is 32.1. The van der Waals surface area contributed by atoms with Crippen LogP contribution in [0.25, 0.3) is 10.8 Å². The Hall–Kier alpha value is -2.60. The lowest BCUT2D eigenvalue weighted by Crippen LogP contribution is -2.10. The van der Waals surface area contributed by atoms with Gasteiger partial charge in [-0.1, -0.05) is 0 Å². The molecule has 0 aliphatic heterocycles. The molecule has 0 fully saturated rings. The van der Waals surface area contributed by atoms with Crippen LogP contribution >= 0.6 is 11.3 Å². The average molecular weight is 337 g/mol. The monoisotopic (exact) mass is 337 g/mol. The van der Waals surface area contributed by atoms with Crippen LogP contribution in [0.15, 0.2) is 42.0 Å². The van der Waals surface area contributed by atoms with Crippen molar-refractivity contribution in [3.63, 3.8) is 0 Å². The molecule has 2 heterocycles. The molecule has 0 radical (unpaired) electrons. The number of nitrogens with zero attached hydrogens (tertiary/aromatic N) is 3. The SMILES string of the molecule is O=C1CCCc2cc(OCc3csc(-c4ncccn4)n3)ccc21. The number of fused-ring (bicyclic) bond motifs is 1. The summed E-state index contributed by atoms with van der Waals surface area (Å²) in [6.45, 7) is 0.385. The van der Waals surface area contributed by atoms with Crippen LogP contribution in [0.5, 0.6) is 5.75 Å². The third kappa shape index (κ3) is 3.05. The smallest absolute Gasteiger partial charge is 0.188 e. The summed E-state index contributed by atoms with van der Waals surface area (Å²) in [7, 11) is 0. The topological polar surface area (TPSA) is 65.0 Å². The van der Waals surface area contributed by atoms with Crippen LogP contribution in [0.4, 0.5) is 0 Å². The van der Waals surface area contributed by atoms with Gasteiger partial charge in [0.25, 0.3) is 0 Å². The molecule has 0 saturated heterocycles. The zero-order chi connectivity index (χ0) is 16.4. The Balaban J connectivity index is 1.46. The molecular formula is C18H15N3O2S. The molecule has 0 amide bonds. The fourth-order valence-electron chi connectivity index (χ4n) is 2.76. The normalized spacial score (nSPS) is 13.6. The highest BCUT2D eigenvalue weighted by Crippen LogP contribution is 2.26. The standard InChI is InChI=1S/C18H15N3O2S/c22-16-4-1-3-12-9-14(5-6-15(12)16)23-10-13-11-24-18(21-13)17-19-7-2-8-20-17/h2,5-9,11H,1,3-4,10H2. The van der Waals surface area contributed by atoms with E-state index in [1.54, 1.807) is 18.5 Å². The lowest BCUT2D eigenvalue weighted by molar-refractivity contribution is 0.0972. The van der Waals surface area contributed by atoms with Crippen molar-refractivity contribution in [2.45, 2.75) is 25.9 Å². The lowest BCUT2D eigenvalue weighted by atomic mass is 9.91. The summed E-state index contributed by atoms with van der Waals surface area (Å²) in [5.41, 5.74) is 2.77. The molecule has 24 heavy (non-hydrogen) atoms. The summed E-state index contributed by atoms with van der Waals surface area (Å²) in [5, 5.41) is 2.73. The Morgan fingerprint density at radius 2 is 2.04 bits per heavy atom. The lowest BCUT2D eigenvalue weighted by Gasteiger charge is -2.15. The number of ketones is 1. The van der Waals surface area contributed by atoms with Crippen LogP contribution in [0, 0.1) is 0 Å². The van der Waals surface area contributed by atoms with Crippen LogP contribution in [0.3, 0.4) is 0 Å². The fourth-order valence-corrected chi connectivity index (χ4v) is 3.50. The second-order valence-electron chi connectivity index (χ2n) is 5.60. The number of benzene rings is 1. The number of hydrogen-bond donors (Lipinski definition) is 0. The summed E-state index contributed by atoms with van der Waals surface area (Å²) in [5.74, 6) is 1.63. The average Bonchev–Trinajstić information content (AvgIpc) is 3.10. The van der Waals surface area contributed by atoms with Gasteiger partial charge in [0.2, 0.25) is 0 Å². The van der Waals surface area contributed by atoms with Gasteiger partial charge in [0.15, 0.2) is 16.6 Å². The molecule has 0 N–H and O–H groups in total. The van der Waals surface area contributed by atoms with E-state index < -0.39 is 0 Å². The highest BCUT2D eigenvalue weighted by molar-refractivity contribution is 7.13. The molecule has 1 aliphatic rings. The number of rotatable bonds is 4. The molecule has 2 aromatic heterocycles. The van der Waals surface area contributed by atoms with Crippen molar-refractivity contribution in [1.29, 1.82) is 0 Å². The zero-order valence-corrected chi connectivity index (χ0v) is 13.8. The number of aryl methyl sites for hydroxylation is 1. The number of ether oxygens (including phenoxy) is 1. The van der Waals surface area contributed by atoms with Crippen molar-refractivity contribution in [1.82, 2.24) is 15.0 Å². The second-order valence-corrected chi connectivity index (χ2v) is 6.46. The Kier molecular flexibility index (Phi) is 4.04. The maximum Gasteiger partial charge on any atom is 0.188 e. The third-order valence-electron chi connectivity index (χ3n) is 3.92. The number of carbonyl (C=O) groups excluding carboxylic acids is 1. The quantitative estimate of drug-likeness (QED) is 0.726. The van der Waals surface area contributed by atoms with Crippen LogP contribution in [0.1, 0.15) is 34.5 Å². The van der Waals surface area contributed by atoms with Gasteiger partial charge in [0.05, 0.1) is 5.69 Å². The molecule has 0 bridgehead atoms. The molecule has 5 nitrogen and oxygen atoms in total. The molecule has 0 unspecified atom stereocenters. The molecule has 120 valence electrons. The molecular weight excluding hydrogens is 322 g/mol. The van der Waals surface area contributed by atoms with Gasteiger partial charge in [-0.15, -0.1) is 11.3 Å². The highest BCUT2D eigenvalue weighted by Gasteiger charge is 2.17. The molecule has 1 aliphatic carbocycles. The van der Waals surface area contributed by atoms with Gasteiger partial charge < -0.3 is 4.74 Å². The number of thiazole rings is 1. The number of aromatic nitrogens is 3. The second kappa shape index (κ2) is 6.49. The van der Waals surface area contributed by atoms with E-state index in [0.29, 0.717) is 18.9 Å². The molecule has 1 aromatic carbocycles. The van der Waals surface area contributed by atoms with Crippen molar-refractivity contribution in [2.24, 2.45) is 0 Å². The Morgan fingerprint density at radius 3 is 2.92 bits per heavy atom. The largest absolute Gasteiger partial charge is 0.487 e. The Labute approximate surface area is 143 Å². The van der Waals surface area contributed by atoms with Crippen LogP contribution in [-0.4, -0.2) is 20.7 Å². The molecule has 0 spiro atoms. The van der Waals surface area contributed by atoms with E-state index in [0.717, 1.165) is 40.4 Å². The maximum atomic E-state index is 11.9. The van der Waals surface area contributed by atoms with Crippen molar-refractivity contribution in [3.8, 4) is 16.6 Å². The van der Waals surface area contributed by atoms with E-state index >= 15 is 0 Å². The molecule has 0 atom stereocenters. The Morgan fingerprint density at radius 1 is 1.17 bits per heavy atom. The molecule has 6 heteroatoms. The summed E-state index contributed by atoms with van der Waals surface area (Å²) < 4.78 is 5.83. The number of carbonyl (C=O) groups is 1. The number of Topliss-reactive ketones (excluding diaryl/α,β-unsaturated/α-hetero) is 1. The van der Waals surface area contributed by atoms with Gasteiger partial charge in [-0.3, -0.25) is 4.79 Å². The van der Waals surface area contributed by atoms with Crippen molar-refractivity contribution >= 4 is 17.1 Å². The predicted octanol–water partition coefficient (Wildman–Crippen LogP) is 3.70. The fraction of sp³-hybridized carbons (Fsp3) is 0.222. The first kappa shape index (κ1) is 15.0. The first-order chi connectivity index (χ1) is 11.8. The first-order valence-corrected chi connectivity index (χ1v) is 8.68. The van der Waals surface area contributed by atoms with E-state index in [2.05, 4.69) is 15.0 Å². The molecule has 3 aromatic rings. The zero-order valence-electron chi connectivity index (χ0n) is 12.9. The summed E-state index contributed by atoms with van der Waals surface area (Å²) >= 11 is 1.50. The Bertz CT molecular complexity index is 877. The van der Waals surface area contributed by atoms with Gasteiger partial charge in [-0.05, 0) is 42.7 Å². The minimum absolute atomic E-state index is 0.231. The third-order valence-corrected chi connectivity index (χ3v) is 4.81. The van der Waals surface area contributed by atoms with Crippen LogP contribution < -0.4 is 4.74 Å². The first-order valence-electron chi connectivity index (χ1n) is 7.80. The maximum absolute atomic E-state index is 11.9. The van der Waals surface area contributed by atoms with Gasteiger partial charge in [-0.2, -0.15) is 0 Å². The van der Waals surface area contributed by atoms with E-state index in [1.807, 2.05) is 23.6 Å². The van der Waals surface area contributed by atoms with Gasteiger partial charge in [-0.25, -0.2) is 15.0 Å². The molecule has 4 rings (SSSR count). The number of hydrogen-bond acceptors (Lipinski definition) is 6. The van der Waals surface area contributed by atoms with Crippen LogP contribution in [0.2, 0.25) is 0 Å². The molecule has 0 saturated carbocycles. The van der Waals surface area contributed by atoms with E-state index in [1.165, 1.54) is 11.3 Å². The van der Waals surface area contributed by atoms with Crippen molar-refractivity contribution in [3.05, 3.63) is 58.9 Å². The van der Waals surface area contributed by atoms with Gasteiger partial charge >= 0.3 is 0 Å². The van der Waals surface area contributed by atoms with Crippen molar-refractivity contribution < 1.29 is 9.53 Å². The predicted molar refractivity (Wildman–Crippen MR) is 91.2 cm³/mol.